The Bertz CT molecular complexity index is 170. The maximum absolute atomic E-state index is 3.77. The van der Waals surface area contributed by atoms with E-state index in [1.807, 2.05) is 6.08 Å². The lowest BCUT2D eigenvalue weighted by Crippen LogP contribution is -2.40. The molecule has 88 valence electrons. The normalized spacial score (nSPS) is 22.3. The van der Waals surface area contributed by atoms with Crippen molar-refractivity contribution < 1.29 is 0 Å². The summed E-state index contributed by atoms with van der Waals surface area (Å²) in [5.74, 6) is 0.921. The van der Waals surface area contributed by atoms with Crippen molar-refractivity contribution in [2.24, 2.45) is 5.92 Å². The Labute approximate surface area is 95.3 Å². The first-order valence-corrected chi connectivity index (χ1v) is 6.61. The Morgan fingerprint density at radius 2 is 1.93 bits per heavy atom. The molecule has 1 heteroatoms. The molecule has 1 fully saturated rings. The van der Waals surface area contributed by atoms with Crippen molar-refractivity contribution in [2.45, 2.75) is 70.9 Å². The van der Waals surface area contributed by atoms with Gasteiger partial charge in [-0.15, -0.1) is 6.58 Å². The molecule has 0 saturated heterocycles. The van der Waals surface area contributed by atoms with Gasteiger partial charge < -0.3 is 5.32 Å². The van der Waals surface area contributed by atoms with Crippen LogP contribution in [0.4, 0.5) is 0 Å². The van der Waals surface area contributed by atoms with Crippen LogP contribution in [0.1, 0.15) is 58.8 Å². The lowest BCUT2D eigenvalue weighted by atomic mass is 9.84. The van der Waals surface area contributed by atoms with Crippen LogP contribution in [0.15, 0.2) is 12.7 Å². The molecule has 15 heavy (non-hydrogen) atoms. The van der Waals surface area contributed by atoms with Crippen molar-refractivity contribution in [1.82, 2.24) is 5.32 Å². The highest BCUT2D eigenvalue weighted by Gasteiger charge is 2.20. The lowest BCUT2D eigenvalue weighted by molar-refractivity contribution is 0.264. The third-order valence-corrected chi connectivity index (χ3v) is 3.71. The van der Waals surface area contributed by atoms with Gasteiger partial charge in [0.2, 0.25) is 0 Å². The van der Waals surface area contributed by atoms with Crippen molar-refractivity contribution in [2.75, 3.05) is 0 Å². The highest BCUT2D eigenvalue weighted by Crippen LogP contribution is 2.26. The summed E-state index contributed by atoms with van der Waals surface area (Å²) < 4.78 is 0. The topological polar surface area (TPSA) is 12.0 Å². The van der Waals surface area contributed by atoms with Crippen LogP contribution in [0.5, 0.6) is 0 Å². The van der Waals surface area contributed by atoms with Crippen molar-refractivity contribution in [3.8, 4) is 0 Å². The molecule has 1 aliphatic rings. The van der Waals surface area contributed by atoms with Gasteiger partial charge in [0.1, 0.15) is 0 Å². The van der Waals surface area contributed by atoms with Crippen LogP contribution < -0.4 is 5.32 Å². The predicted molar refractivity (Wildman–Crippen MR) is 68.1 cm³/mol. The molecule has 0 spiro atoms. The van der Waals surface area contributed by atoms with Crippen molar-refractivity contribution in [3.63, 3.8) is 0 Å². The highest BCUT2D eigenvalue weighted by molar-refractivity contribution is 4.79. The van der Waals surface area contributed by atoms with Gasteiger partial charge in [-0.05, 0) is 45.4 Å². The second kappa shape index (κ2) is 7.05. The summed E-state index contributed by atoms with van der Waals surface area (Å²) in [5.41, 5.74) is 0. The first kappa shape index (κ1) is 12.8. The van der Waals surface area contributed by atoms with Crippen molar-refractivity contribution in [3.05, 3.63) is 12.7 Å². The maximum atomic E-state index is 3.77. The molecule has 1 aliphatic carbocycles. The molecule has 2 atom stereocenters. The van der Waals surface area contributed by atoms with E-state index in [1.165, 1.54) is 38.5 Å². The lowest BCUT2D eigenvalue weighted by Gasteiger charge is -2.30. The van der Waals surface area contributed by atoms with Gasteiger partial charge in [-0.25, -0.2) is 0 Å². The van der Waals surface area contributed by atoms with Gasteiger partial charge in [-0.3, -0.25) is 0 Å². The van der Waals surface area contributed by atoms with E-state index >= 15 is 0 Å². The first-order chi connectivity index (χ1) is 7.24. The van der Waals surface area contributed by atoms with E-state index in [9.17, 15) is 0 Å². The van der Waals surface area contributed by atoms with E-state index in [-0.39, 0.29) is 0 Å². The van der Waals surface area contributed by atoms with Gasteiger partial charge in [0.25, 0.3) is 0 Å². The minimum Gasteiger partial charge on any atom is -0.311 e. The summed E-state index contributed by atoms with van der Waals surface area (Å²) in [5, 5.41) is 3.74. The van der Waals surface area contributed by atoms with E-state index < -0.39 is 0 Å². The number of hydrogen-bond acceptors (Lipinski definition) is 1. The van der Waals surface area contributed by atoms with Gasteiger partial charge >= 0.3 is 0 Å². The highest BCUT2D eigenvalue weighted by atomic mass is 14.9. The monoisotopic (exact) mass is 209 g/mol. The Balaban J connectivity index is 2.20. The summed E-state index contributed by atoms with van der Waals surface area (Å²) in [4.78, 5) is 0. The Kier molecular flexibility index (Phi) is 6.00. The standard InChI is InChI=1S/C14H27N/c1-4-5-9-12(2)15-13(3)14-10-7-6-8-11-14/h4,12-15H,1,5-11H2,2-3H3/t12?,13-/m0/s1. The Morgan fingerprint density at radius 1 is 1.27 bits per heavy atom. The van der Waals surface area contributed by atoms with Crippen molar-refractivity contribution >= 4 is 0 Å². The summed E-state index contributed by atoms with van der Waals surface area (Å²) in [6.07, 6.45) is 11.6. The molecule has 1 unspecified atom stereocenters. The van der Waals surface area contributed by atoms with Crippen LogP contribution in [0.3, 0.4) is 0 Å². The molecule has 1 nitrogen and oxygen atoms in total. The van der Waals surface area contributed by atoms with Crippen LogP contribution in [-0.4, -0.2) is 12.1 Å². The summed E-state index contributed by atoms with van der Waals surface area (Å²) >= 11 is 0. The van der Waals surface area contributed by atoms with E-state index in [4.69, 9.17) is 0 Å². The third kappa shape index (κ3) is 4.83. The number of nitrogens with one attached hydrogen (secondary N) is 1. The van der Waals surface area contributed by atoms with E-state index in [1.54, 1.807) is 0 Å². The molecule has 1 rings (SSSR count). The van der Waals surface area contributed by atoms with Gasteiger partial charge in [-0.2, -0.15) is 0 Å². The van der Waals surface area contributed by atoms with Crippen molar-refractivity contribution in [1.29, 1.82) is 0 Å². The van der Waals surface area contributed by atoms with Crippen LogP contribution in [0, 0.1) is 5.92 Å². The number of hydrogen-bond donors (Lipinski definition) is 1. The number of rotatable bonds is 6. The molecule has 0 bridgehead atoms. The average molecular weight is 209 g/mol. The minimum atomic E-state index is 0.639. The first-order valence-electron chi connectivity index (χ1n) is 6.61. The molecule has 1 N–H and O–H groups in total. The molecular weight excluding hydrogens is 182 g/mol. The predicted octanol–water partition coefficient (Wildman–Crippen LogP) is 3.90. The molecule has 1 saturated carbocycles. The molecular formula is C14H27N. The van der Waals surface area contributed by atoms with Crippen LogP contribution in [0.2, 0.25) is 0 Å². The van der Waals surface area contributed by atoms with E-state index in [0.717, 1.165) is 12.3 Å². The molecule has 0 aromatic carbocycles. The van der Waals surface area contributed by atoms with E-state index in [2.05, 4.69) is 25.7 Å². The van der Waals surface area contributed by atoms with Gasteiger partial charge in [-0.1, -0.05) is 25.3 Å². The molecule has 0 aliphatic heterocycles. The van der Waals surface area contributed by atoms with Gasteiger partial charge in [0.15, 0.2) is 0 Å². The molecule has 0 heterocycles. The summed E-state index contributed by atoms with van der Waals surface area (Å²) in [6.45, 7) is 8.43. The van der Waals surface area contributed by atoms with Crippen LogP contribution in [-0.2, 0) is 0 Å². The fraction of sp³-hybridized carbons (Fsp3) is 0.857. The molecule has 0 amide bonds. The Hall–Kier alpha value is -0.300. The number of allylic oxidation sites excluding steroid dienone is 1. The quantitative estimate of drug-likeness (QED) is 0.654. The summed E-state index contributed by atoms with van der Waals surface area (Å²) in [7, 11) is 0. The zero-order valence-electron chi connectivity index (χ0n) is 10.5. The molecule has 0 radical (unpaired) electrons. The zero-order valence-corrected chi connectivity index (χ0v) is 10.5. The second-order valence-corrected chi connectivity index (χ2v) is 5.12. The zero-order chi connectivity index (χ0) is 11.1. The third-order valence-electron chi connectivity index (χ3n) is 3.71. The largest absolute Gasteiger partial charge is 0.311 e. The van der Waals surface area contributed by atoms with Gasteiger partial charge in [0, 0.05) is 12.1 Å². The maximum Gasteiger partial charge on any atom is 0.00694 e. The van der Waals surface area contributed by atoms with Crippen LogP contribution in [0.25, 0.3) is 0 Å². The minimum absolute atomic E-state index is 0.639. The average Bonchev–Trinajstić information content (AvgIpc) is 2.27. The second-order valence-electron chi connectivity index (χ2n) is 5.12. The van der Waals surface area contributed by atoms with Gasteiger partial charge in [0.05, 0.1) is 0 Å². The molecule has 0 aromatic heterocycles. The van der Waals surface area contributed by atoms with E-state index in [0.29, 0.717) is 12.1 Å². The van der Waals surface area contributed by atoms with Crippen LogP contribution >= 0.6 is 0 Å². The fourth-order valence-corrected chi connectivity index (χ4v) is 2.67. The summed E-state index contributed by atoms with van der Waals surface area (Å²) in [6, 6.07) is 1.34. The smallest absolute Gasteiger partial charge is 0.00694 e. The molecule has 0 aromatic rings. The fourth-order valence-electron chi connectivity index (χ4n) is 2.67. The Morgan fingerprint density at radius 3 is 2.53 bits per heavy atom. The SMILES string of the molecule is C=CCCC(C)N[C@@H](C)C1CCCCC1.